The Hall–Kier alpha value is -1.36. The largest absolute Gasteiger partial charge is 0.377 e. The molecule has 0 bridgehead atoms. The van der Waals surface area contributed by atoms with Crippen molar-refractivity contribution in [1.29, 1.82) is 0 Å². The number of H-pyrrole nitrogens is 1. The van der Waals surface area contributed by atoms with Gasteiger partial charge in [-0.05, 0) is 6.92 Å². The third-order valence-electron chi connectivity index (χ3n) is 1.78. The van der Waals surface area contributed by atoms with Crippen LogP contribution in [0.4, 0.5) is 0 Å². The molecule has 0 fully saturated rings. The number of aryl methyl sites for hydroxylation is 2. The van der Waals surface area contributed by atoms with Gasteiger partial charge in [0.05, 0.1) is 0 Å². The van der Waals surface area contributed by atoms with Crippen LogP contribution in [0.3, 0.4) is 0 Å². The predicted molar refractivity (Wildman–Crippen MR) is 47.0 cm³/mol. The number of hydrogen-bond donors (Lipinski definition) is 1. The molecule has 0 aliphatic rings. The van der Waals surface area contributed by atoms with Gasteiger partial charge in [-0.1, -0.05) is 0 Å². The smallest absolute Gasteiger partial charge is 0.277 e. The topological polar surface area (TPSA) is 64.1 Å². The molecule has 0 unspecified atom stereocenters. The summed E-state index contributed by atoms with van der Waals surface area (Å²) in [4.78, 5) is 22.7. The lowest BCUT2D eigenvalue weighted by Gasteiger charge is -1.94. The minimum atomic E-state index is -0.306. The molecule has 0 amide bonds. The van der Waals surface area contributed by atoms with Gasteiger partial charge in [-0.3, -0.25) is 19.4 Å². The fraction of sp³-hybridized carbons (Fsp3) is 0.500. The summed E-state index contributed by atoms with van der Waals surface area (Å²) < 4.78 is 5.94. The van der Waals surface area contributed by atoms with Crippen molar-refractivity contribution in [2.24, 2.45) is 7.05 Å². The van der Waals surface area contributed by atoms with E-state index in [2.05, 4.69) is 9.84 Å². The second-order valence-corrected chi connectivity index (χ2v) is 2.83. The second kappa shape index (κ2) is 3.57. The average molecular weight is 184 g/mol. The first-order valence-corrected chi connectivity index (χ1v) is 3.85. The number of Topliss-reactive ketones (excluding diaryl/α,β-unsaturated/α-hetero) is 1. The van der Waals surface area contributed by atoms with Crippen LogP contribution in [0.25, 0.3) is 0 Å². The maximum Gasteiger partial charge on any atom is 0.277 e. The minimum Gasteiger partial charge on any atom is -0.377 e. The van der Waals surface area contributed by atoms with Gasteiger partial charge in [0.15, 0.2) is 5.78 Å². The van der Waals surface area contributed by atoms with Crippen LogP contribution in [0.5, 0.6) is 0 Å². The van der Waals surface area contributed by atoms with E-state index in [0.717, 1.165) is 0 Å². The first kappa shape index (κ1) is 9.73. The minimum absolute atomic E-state index is 0.0616. The van der Waals surface area contributed by atoms with Crippen LogP contribution in [0.15, 0.2) is 4.79 Å². The summed E-state index contributed by atoms with van der Waals surface area (Å²) >= 11 is 0. The Morgan fingerprint density at radius 1 is 1.62 bits per heavy atom. The van der Waals surface area contributed by atoms with E-state index >= 15 is 0 Å². The molecule has 1 aromatic rings. The van der Waals surface area contributed by atoms with E-state index in [0.29, 0.717) is 5.69 Å². The Kier molecular flexibility index (Phi) is 2.67. The molecule has 0 atom stereocenters. The monoisotopic (exact) mass is 184 g/mol. The summed E-state index contributed by atoms with van der Waals surface area (Å²) in [5.41, 5.74) is 0.457. The highest BCUT2D eigenvalue weighted by atomic mass is 16.5. The molecule has 0 aliphatic carbocycles. The molecule has 0 saturated heterocycles. The molecule has 5 heteroatoms. The number of carbonyl (C=O) groups excluding carboxylic acids is 1. The molecule has 0 radical (unpaired) electrons. The molecule has 13 heavy (non-hydrogen) atoms. The summed E-state index contributed by atoms with van der Waals surface area (Å²) in [6.45, 7) is 1.62. The molecule has 0 spiro atoms. The van der Waals surface area contributed by atoms with Gasteiger partial charge in [-0.25, -0.2) is 0 Å². The van der Waals surface area contributed by atoms with Crippen molar-refractivity contribution >= 4 is 5.78 Å². The first-order valence-electron chi connectivity index (χ1n) is 3.85. The molecule has 72 valence electrons. The Balaban J connectivity index is 3.14. The molecule has 0 aliphatic heterocycles. The first-order chi connectivity index (χ1) is 6.07. The SMILES string of the molecule is COCC(=O)c1c(C)[nH]n(C)c1=O. The number of carbonyl (C=O) groups is 1. The normalized spacial score (nSPS) is 10.4. The van der Waals surface area contributed by atoms with Crippen LogP contribution in [0.2, 0.25) is 0 Å². The molecular formula is C8H12N2O3. The van der Waals surface area contributed by atoms with E-state index in [1.54, 1.807) is 14.0 Å². The quantitative estimate of drug-likeness (QED) is 0.664. The molecule has 1 rings (SSSR count). The summed E-state index contributed by atoms with van der Waals surface area (Å²) in [5.74, 6) is -0.290. The Morgan fingerprint density at radius 3 is 2.62 bits per heavy atom. The summed E-state index contributed by atoms with van der Waals surface area (Å²) in [6, 6.07) is 0. The number of nitrogens with zero attached hydrogens (tertiary/aromatic N) is 1. The van der Waals surface area contributed by atoms with Crippen molar-refractivity contribution in [1.82, 2.24) is 9.78 Å². The number of rotatable bonds is 3. The van der Waals surface area contributed by atoms with Crippen LogP contribution in [0, 0.1) is 6.92 Å². The fourth-order valence-electron chi connectivity index (χ4n) is 1.22. The van der Waals surface area contributed by atoms with Crippen molar-refractivity contribution in [3.63, 3.8) is 0 Å². The maximum atomic E-state index is 11.4. The number of ether oxygens (including phenoxy) is 1. The lowest BCUT2D eigenvalue weighted by Crippen LogP contribution is -2.21. The van der Waals surface area contributed by atoms with Crippen LogP contribution in [-0.4, -0.2) is 29.3 Å². The Bertz CT molecular complexity index is 375. The summed E-state index contributed by atoms with van der Waals surface area (Å²) in [6.07, 6.45) is 0. The third-order valence-corrected chi connectivity index (χ3v) is 1.78. The highest BCUT2D eigenvalue weighted by Crippen LogP contribution is 1.99. The second-order valence-electron chi connectivity index (χ2n) is 2.83. The van der Waals surface area contributed by atoms with Gasteiger partial charge in [-0.2, -0.15) is 0 Å². The van der Waals surface area contributed by atoms with Gasteiger partial charge in [0, 0.05) is 19.9 Å². The predicted octanol–water partition coefficient (Wildman–Crippen LogP) is -0.149. The van der Waals surface area contributed by atoms with Crippen LogP contribution in [0.1, 0.15) is 16.1 Å². The molecule has 0 saturated carbocycles. The number of hydrogen-bond acceptors (Lipinski definition) is 3. The molecular weight excluding hydrogens is 172 g/mol. The van der Waals surface area contributed by atoms with Crippen molar-refractivity contribution in [3.05, 3.63) is 21.6 Å². The number of aromatic nitrogens is 2. The number of ketones is 1. The zero-order valence-electron chi connectivity index (χ0n) is 7.88. The molecule has 1 N–H and O–H groups in total. The summed E-state index contributed by atoms with van der Waals surface area (Å²) in [5, 5.41) is 2.74. The Morgan fingerprint density at radius 2 is 2.23 bits per heavy atom. The van der Waals surface area contributed by atoms with E-state index in [1.165, 1.54) is 11.8 Å². The van der Waals surface area contributed by atoms with Gasteiger partial charge in [0.25, 0.3) is 5.56 Å². The van der Waals surface area contributed by atoms with Crippen molar-refractivity contribution in [2.45, 2.75) is 6.92 Å². The fourth-order valence-corrected chi connectivity index (χ4v) is 1.22. The van der Waals surface area contributed by atoms with E-state index < -0.39 is 0 Å². The lowest BCUT2D eigenvalue weighted by atomic mass is 10.2. The van der Waals surface area contributed by atoms with Crippen molar-refractivity contribution in [2.75, 3.05) is 13.7 Å². The van der Waals surface area contributed by atoms with E-state index in [4.69, 9.17) is 0 Å². The van der Waals surface area contributed by atoms with Gasteiger partial charge in [-0.15, -0.1) is 0 Å². The van der Waals surface area contributed by atoms with Crippen molar-refractivity contribution in [3.8, 4) is 0 Å². The van der Waals surface area contributed by atoms with Gasteiger partial charge in [0.1, 0.15) is 12.2 Å². The Labute approximate surface area is 75.3 Å². The third kappa shape index (κ3) is 1.70. The van der Waals surface area contributed by atoms with E-state index in [-0.39, 0.29) is 23.5 Å². The van der Waals surface area contributed by atoms with Gasteiger partial charge < -0.3 is 4.74 Å². The van der Waals surface area contributed by atoms with Crippen LogP contribution >= 0.6 is 0 Å². The lowest BCUT2D eigenvalue weighted by molar-refractivity contribution is 0.0846. The highest BCUT2D eigenvalue weighted by molar-refractivity contribution is 5.97. The van der Waals surface area contributed by atoms with Crippen LogP contribution < -0.4 is 5.56 Å². The number of nitrogens with one attached hydrogen (secondary N) is 1. The van der Waals surface area contributed by atoms with Crippen molar-refractivity contribution < 1.29 is 9.53 Å². The molecule has 5 nitrogen and oxygen atoms in total. The summed E-state index contributed by atoms with van der Waals surface area (Å²) in [7, 11) is 2.99. The number of aromatic amines is 1. The van der Waals surface area contributed by atoms with Crippen LogP contribution in [-0.2, 0) is 11.8 Å². The maximum absolute atomic E-state index is 11.4. The van der Waals surface area contributed by atoms with E-state index in [1.807, 2.05) is 0 Å². The highest BCUT2D eigenvalue weighted by Gasteiger charge is 2.16. The molecule has 0 aromatic carbocycles. The molecule has 1 aromatic heterocycles. The standard InChI is InChI=1S/C8H12N2O3/c1-5-7(6(11)4-13-3)8(12)10(2)9-5/h9H,4H2,1-3H3. The number of methoxy groups -OCH3 is 1. The molecule has 1 heterocycles. The zero-order valence-corrected chi connectivity index (χ0v) is 7.88. The zero-order chi connectivity index (χ0) is 10.0. The van der Waals surface area contributed by atoms with Gasteiger partial charge in [0.2, 0.25) is 0 Å². The average Bonchev–Trinajstić information content (AvgIpc) is 2.27. The van der Waals surface area contributed by atoms with Gasteiger partial charge >= 0.3 is 0 Å². The van der Waals surface area contributed by atoms with E-state index in [9.17, 15) is 9.59 Å².